The summed E-state index contributed by atoms with van der Waals surface area (Å²) in [6.45, 7) is 5.32. The highest BCUT2D eigenvalue weighted by molar-refractivity contribution is 8.93. The van der Waals surface area contributed by atoms with Crippen molar-refractivity contribution >= 4 is 28.1 Å². The number of rotatable bonds is 7. The highest BCUT2D eigenvalue weighted by Crippen LogP contribution is 2.21. The molecule has 4 rings (SSSR count). The predicted molar refractivity (Wildman–Crippen MR) is 130 cm³/mol. The van der Waals surface area contributed by atoms with Crippen molar-refractivity contribution < 1.29 is 4.74 Å². The van der Waals surface area contributed by atoms with Crippen LogP contribution in [0.4, 0.5) is 0 Å². The Morgan fingerprint density at radius 2 is 1.55 bits per heavy atom. The van der Waals surface area contributed by atoms with E-state index in [-0.39, 0.29) is 23.0 Å². The van der Waals surface area contributed by atoms with E-state index >= 15 is 0 Å². The summed E-state index contributed by atoms with van der Waals surface area (Å²) in [5.74, 6) is 0. The molecule has 0 aliphatic heterocycles. The Balaban J connectivity index is 0.00000272. The van der Waals surface area contributed by atoms with Crippen LogP contribution in [0.1, 0.15) is 28.3 Å². The quantitative estimate of drug-likeness (QED) is 0.404. The fraction of sp³-hybridized carbons (Fsp3) is 0.280. The number of nitrogens with zero attached hydrogens (tertiary/aromatic N) is 3. The molecule has 4 aromatic rings. The number of benzene rings is 2. The molecule has 0 aliphatic rings. The van der Waals surface area contributed by atoms with Gasteiger partial charge in [-0.3, -0.25) is 9.98 Å². The van der Waals surface area contributed by atoms with Crippen molar-refractivity contribution in [3.63, 3.8) is 0 Å². The van der Waals surface area contributed by atoms with E-state index in [1.807, 2.05) is 16.7 Å². The molecule has 0 fully saturated rings. The van der Waals surface area contributed by atoms with E-state index < -0.39 is 0 Å². The largest absolute Gasteiger partial charge is 0.383 e. The van der Waals surface area contributed by atoms with Crippen molar-refractivity contribution in [2.24, 2.45) is 0 Å². The normalized spacial score (nSPS) is 12.0. The lowest BCUT2D eigenvalue weighted by molar-refractivity contribution is 0.154. The van der Waals surface area contributed by atoms with E-state index in [2.05, 4.69) is 71.9 Å². The highest BCUT2D eigenvalue weighted by atomic mass is 79.9. The summed E-state index contributed by atoms with van der Waals surface area (Å²) in [5, 5.41) is 9.01. The average Bonchev–Trinajstić information content (AvgIpc) is 3.02. The molecule has 1 N–H and O–H groups in total. The molecule has 2 heterocycles. The summed E-state index contributed by atoms with van der Waals surface area (Å²) in [6, 6.07) is 21.0. The monoisotopic (exact) mass is 480 g/mol. The number of hydrogen-bond acceptors (Lipinski definition) is 3. The van der Waals surface area contributed by atoms with Gasteiger partial charge < -0.3 is 9.30 Å². The number of imidazole rings is 1. The van der Waals surface area contributed by atoms with Crippen molar-refractivity contribution in [3.05, 3.63) is 94.7 Å². The molecular weight excluding hydrogens is 452 g/mol. The topological polar surface area (TPSA) is 55.8 Å². The fourth-order valence-corrected chi connectivity index (χ4v) is 3.94. The Hall–Kier alpha value is -2.70. The van der Waals surface area contributed by atoms with Gasteiger partial charge in [0.1, 0.15) is 0 Å². The van der Waals surface area contributed by atoms with E-state index in [0.29, 0.717) is 18.8 Å². The van der Waals surface area contributed by atoms with E-state index in [1.165, 1.54) is 16.7 Å². The molecule has 0 spiro atoms. The number of pyridine rings is 1. The molecule has 5 nitrogen and oxygen atoms in total. The standard InChI is InChI=1S/C25H28N4O.BrH/c1-18-6-10-20(11-7-18)15-22(17-30-3)29-23-5-4-14-27-24(23)28(25(29)26)16-21-12-8-19(2)9-13-21;/h4-14,22,26H,15-17H2,1-3H3;1H. The van der Waals surface area contributed by atoms with Gasteiger partial charge in [-0.1, -0.05) is 59.7 Å². The molecule has 1 atom stereocenters. The van der Waals surface area contributed by atoms with Crippen molar-refractivity contribution in [2.45, 2.75) is 32.9 Å². The second-order valence-electron chi connectivity index (χ2n) is 7.91. The zero-order valence-electron chi connectivity index (χ0n) is 18.2. The Kier molecular flexibility index (Phi) is 7.46. The molecule has 2 aromatic heterocycles. The molecule has 6 heteroatoms. The van der Waals surface area contributed by atoms with Crippen molar-refractivity contribution in [1.29, 1.82) is 5.41 Å². The number of methoxy groups -OCH3 is 1. The maximum atomic E-state index is 9.01. The molecule has 0 radical (unpaired) electrons. The zero-order chi connectivity index (χ0) is 21.1. The first-order chi connectivity index (χ1) is 14.6. The average molecular weight is 481 g/mol. The van der Waals surface area contributed by atoms with E-state index in [1.54, 1.807) is 13.3 Å². The first-order valence-corrected chi connectivity index (χ1v) is 10.3. The number of aromatic nitrogens is 3. The van der Waals surface area contributed by atoms with Crippen LogP contribution in [0, 0.1) is 19.3 Å². The van der Waals surface area contributed by atoms with Crippen LogP contribution in [0.15, 0.2) is 66.9 Å². The highest BCUT2D eigenvalue weighted by Gasteiger charge is 2.20. The minimum atomic E-state index is 0. The lowest BCUT2D eigenvalue weighted by Gasteiger charge is -2.19. The van der Waals surface area contributed by atoms with Crippen molar-refractivity contribution in [3.8, 4) is 0 Å². The number of hydrogen-bond donors (Lipinski definition) is 1. The van der Waals surface area contributed by atoms with Crippen LogP contribution >= 0.6 is 17.0 Å². The van der Waals surface area contributed by atoms with Gasteiger partial charge >= 0.3 is 0 Å². The van der Waals surface area contributed by atoms with Crippen LogP contribution in [0.25, 0.3) is 11.2 Å². The summed E-state index contributed by atoms with van der Waals surface area (Å²) in [4.78, 5) is 4.62. The molecule has 0 amide bonds. The minimum Gasteiger partial charge on any atom is -0.383 e. The summed E-state index contributed by atoms with van der Waals surface area (Å²) in [7, 11) is 1.72. The van der Waals surface area contributed by atoms with Crippen LogP contribution in [-0.4, -0.2) is 27.8 Å². The summed E-state index contributed by atoms with van der Waals surface area (Å²) in [5.41, 5.74) is 7.10. The van der Waals surface area contributed by atoms with Gasteiger partial charge in [-0.2, -0.15) is 0 Å². The number of fused-ring (bicyclic) bond motifs is 1. The van der Waals surface area contributed by atoms with Crippen molar-refractivity contribution in [1.82, 2.24) is 14.1 Å². The summed E-state index contributed by atoms with van der Waals surface area (Å²) < 4.78 is 9.62. The second-order valence-corrected chi connectivity index (χ2v) is 7.91. The lowest BCUT2D eigenvalue weighted by atomic mass is 10.0. The molecule has 0 bridgehead atoms. The molecule has 162 valence electrons. The van der Waals surface area contributed by atoms with Gasteiger partial charge in [-0.05, 0) is 43.5 Å². The van der Waals surface area contributed by atoms with Gasteiger partial charge in [-0.15, -0.1) is 17.0 Å². The first kappa shape index (κ1) is 23.0. The van der Waals surface area contributed by atoms with Gasteiger partial charge in [0.05, 0.1) is 24.7 Å². The number of halogens is 1. The molecule has 1 unspecified atom stereocenters. The van der Waals surface area contributed by atoms with Crippen LogP contribution in [0.5, 0.6) is 0 Å². The third-order valence-corrected chi connectivity index (χ3v) is 5.54. The fourth-order valence-electron chi connectivity index (χ4n) is 3.94. The summed E-state index contributed by atoms with van der Waals surface area (Å²) >= 11 is 0. The predicted octanol–water partition coefficient (Wildman–Crippen LogP) is 4.99. The van der Waals surface area contributed by atoms with Crippen molar-refractivity contribution in [2.75, 3.05) is 13.7 Å². The van der Waals surface area contributed by atoms with Gasteiger partial charge in [0.25, 0.3) is 0 Å². The first-order valence-electron chi connectivity index (χ1n) is 10.3. The van der Waals surface area contributed by atoms with Crippen LogP contribution in [0.3, 0.4) is 0 Å². The smallest absolute Gasteiger partial charge is 0.204 e. The van der Waals surface area contributed by atoms with E-state index in [0.717, 1.165) is 23.1 Å². The number of ether oxygens (including phenoxy) is 1. The number of aryl methyl sites for hydroxylation is 2. The van der Waals surface area contributed by atoms with E-state index in [9.17, 15) is 0 Å². The molecule has 2 aromatic carbocycles. The van der Waals surface area contributed by atoms with Gasteiger partial charge in [0, 0.05) is 13.3 Å². The minimum absolute atomic E-state index is 0. The third-order valence-electron chi connectivity index (χ3n) is 5.54. The van der Waals surface area contributed by atoms with Crippen LogP contribution < -0.4 is 5.62 Å². The maximum Gasteiger partial charge on any atom is 0.204 e. The summed E-state index contributed by atoms with van der Waals surface area (Å²) in [6.07, 6.45) is 2.59. The maximum absolute atomic E-state index is 9.01. The Morgan fingerprint density at radius 3 is 2.16 bits per heavy atom. The number of nitrogens with one attached hydrogen (secondary N) is 1. The Labute approximate surface area is 193 Å². The lowest BCUT2D eigenvalue weighted by Crippen LogP contribution is -2.31. The van der Waals surface area contributed by atoms with Crippen LogP contribution in [0.2, 0.25) is 0 Å². The molecule has 0 saturated carbocycles. The van der Waals surface area contributed by atoms with Crippen LogP contribution in [-0.2, 0) is 17.7 Å². The zero-order valence-corrected chi connectivity index (χ0v) is 19.9. The second kappa shape index (κ2) is 10.1. The SMILES string of the molecule is Br.COCC(Cc1ccc(C)cc1)n1c(=N)n(Cc2ccc(C)cc2)c2ncccc21. The molecular formula is C25H29BrN4O. The Bertz CT molecular complexity index is 1190. The molecule has 0 aliphatic carbocycles. The molecule has 31 heavy (non-hydrogen) atoms. The van der Waals surface area contributed by atoms with Gasteiger partial charge in [0.15, 0.2) is 5.65 Å². The third kappa shape index (κ3) is 4.97. The van der Waals surface area contributed by atoms with Gasteiger partial charge in [-0.25, -0.2) is 4.98 Å². The molecule has 0 saturated heterocycles. The van der Waals surface area contributed by atoms with Gasteiger partial charge in [0.2, 0.25) is 5.62 Å². The Morgan fingerprint density at radius 1 is 0.935 bits per heavy atom. The van der Waals surface area contributed by atoms with E-state index in [4.69, 9.17) is 10.1 Å².